The number of fused-ring (bicyclic) bond motifs is 1. The number of methoxy groups -OCH3 is 1. The number of esters is 1. The Kier molecular flexibility index (Phi) is 3.79. The fourth-order valence-corrected chi connectivity index (χ4v) is 3.46. The number of H-pyrrole nitrogens is 1. The molecule has 0 unspecified atom stereocenters. The molecular formula is C17H16ClNO3. The second-order valence-electron chi connectivity index (χ2n) is 5.52. The quantitative estimate of drug-likeness (QED) is 0.860. The van der Waals surface area contributed by atoms with Crippen LogP contribution in [-0.4, -0.2) is 23.8 Å². The number of hydrogen-bond donors (Lipinski definition) is 1. The predicted molar refractivity (Wildman–Crippen MR) is 83.7 cm³/mol. The van der Waals surface area contributed by atoms with E-state index in [1.165, 1.54) is 7.11 Å². The third kappa shape index (κ3) is 2.33. The first kappa shape index (κ1) is 14.9. The number of benzene rings is 1. The molecule has 1 N–H and O–H groups in total. The van der Waals surface area contributed by atoms with Crippen molar-refractivity contribution >= 4 is 23.4 Å². The van der Waals surface area contributed by atoms with E-state index in [2.05, 4.69) is 4.98 Å². The predicted octanol–water partition coefficient (Wildman–Crippen LogP) is 3.68. The summed E-state index contributed by atoms with van der Waals surface area (Å²) in [6, 6.07) is 7.57. The lowest BCUT2D eigenvalue weighted by molar-refractivity contribution is 0.0593. The summed E-state index contributed by atoms with van der Waals surface area (Å²) in [5, 5.41) is 0.667. The molecule has 1 aromatic heterocycles. The highest BCUT2D eigenvalue weighted by molar-refractivity contribution is 6.31. The van der Waals surface area contributed by atoms with Gasteiger partial charge in [-0.05, 0) is 36.5 Å². The Balaban J connectivity index is 2.02. The number of carbonyl (C=O) groups is 2. The summed E-state index contributed by atoms with van der Waals surface area (Å²) in [4.78, 5) is 27.4. The Labute approximate surface area is 133 Å². The van der Waals surface area contributed by atoms with Gasteiger partial charge in [0, 0.05) is 22.7 Å². The van der Waals surface area contributed by atoms with Gasteiger partial charge in [0.05, 0.1) is 7.11 Å². The molecule has 0 radical (unpaired) electrons. The fraction of sp³-hybridized carbons (Fsp3) is 0.294. The summed E-state index contributed by atoms with van der Waals surface area (Å²) in [7, 11) is 1.33. The van der Waals surface area contributed by atoms with Gasteiger partial charge < -0.3 is 9.72 Å². The summed E-state index contributed by atoms with van der Waals surface area (Å²) in [6.45, 7) is 1.77. The highest BCUT2D eigenvalue weighted by Crippen LogP contribution is 2.37. The van der Waals surface area contributed by atoms with Crippen molar-refractivity contribution in [2.24, 2.45) is 0 Å². The molecule has 3 rings (SSSR count). The minimum atomic E-state index is -0.450. The van der Waals surface area contributed by atoms with Gasteiger partial charge in [0.15, 0.2) is 5.78 Å². The van der Waals surface area contributed by atoms with E-state index in [0.29, 0.717) is 34.7 Å². The van der Waals surface area contributed by atoms with Gasteiger partial charge in [-0.3, -0.25) is 4.79 Å². The Bertz CT molecular complexity index is 763. The first-order chi connectivity index (χ1) is 10.5. The largest absolute Gasteiger partial charge is 0.464 e. The molecule has 114 valence electrons. The van der Waals surface area contributed by atoms with Gasteiger partial charge >= 0.3 is 5.97 Å². The van der Waals surface area contributed by atoms with Gasteiger partial charge in [0.2, 0.25) is 0 Å². The molecule has 2 aromatic rings. The molecule has 1 aliphatic rings. The molecule has 0 amide bonds. The van der Waals surface area contributed by atoms with Gasteiger partial charge in [-0.25, -0.2) is 4.79 Å². The monoisotopic (exact) mass is 317 g/mol. The molecule has 0 fully saturated rings. The van der Waals surface area contributed by atoms with Crippen LogP contribution in [0, 0.1) is 6.92 Å². The Hall–Kier alpha value is -2.07. The Morgan fingerprint density at radius 1 is 1.32 bits per heavy atom. The fourth-order valence-electron chi connectivity index (χ4n) is 3.17. The van der Waals surface area contributed by atoms with Crippen molar-refractivity contribution in [3.05, 3.63) is 57.4 Å². The Morgan fingerprint density at radius 2 is 2.05 bits per heavy atom. The number of ketones is 1. The van der Waals surface area contributed by atoms with Gasteiger partial charge in [-0.15, -0.1) is 0 Å². The van der Waals surface area contributed by atoms with Crippen LogP contribution in [-0.2, 0) is 11.2 Å². The van der Waals surface area contributed by atoms with Crippen molar-refractivity contribution in [1.29, 1.82) is 0 Å². The third-order valence-corrected chi connectivity index (χ3v) is 4.57. The normalized spacial score (nSPS) is 17.2. The summed E-state index contributed by atoms with van der Waals surface area (Å²) < 4.78 is 4.76. The summed E-state index contributed by atoms with van der Waals surface area (Å²) in [5.41, 5.74) is 3.42. The number of aromatic nitrogens is 1. The maximum absolute atomic E-state index is 12.5. The smallest absolute Gasteiger partial charge is 0.354 e. The zero-order valence-electron chi connectivity index (χ0n) is 12.4. The second kappa shape index (κ2) is 5.61. The van der Waals surface area contributed by atoms with Crippen LogP contribution in [0.1, 0.15) is 50.0 Å². The first-order valence-electron chi connectivity index (χ1n) is 7.10. The molecule has 22 heavy (non-hydrogen) atoms. The van der Waals surface area contributed by atoms with E-state index in [0.717, 1.165) is 11.3 Å². The van der Waals surface area contributed by atoms with E-state index in [9.17, 15) is 9.59 Å². The summed E-state index contributed by atoms with van der Waals surface area (Å²) in [6.07, 6.45) is 1.05. The lowest BCUT2D eigenvalue weighted by atomic mass is 9.81. The van der Waals surface area contributed by atoms with Crippen molar-refractivity contribution in [3.63, 3.8) is 0 Å². The lowest BCUT2D eigenvalue weighted by Crippen LogP contribution is -2.18. The van der Waals surface area contributed by atoms with Gasteiger partial charge in [-0.2, -0.15) is 0 Å². The molecule has 1 aromatic carbocycles. The minimum Gasteiger partial charge on any atom is -0.464 e. The SMILES string of the molecule is COC(=O)c1[nH]c2c(c1C)C(=O)C[C@@H](c1ccccc1Cl)C2. The Morgan fingerprint density at radius 3 is 2.73 bits per heavy atom. The van der Waals surface area contributed by atoms with E-state index in [1.54, 1.807) is 6.92 Å². The topological polar surface area (TPSA) is 59.2 Å². The van der Waals surface area contributed by atoms with Gasteiger partial charge in [0.1, 0.15) is 5.69 Å². The first-order valence-corrected chi connectivity index (χ1v) is 7.48. The molecule has 0 bridgehead atoms. The molecule has 4 nitrogen and oxygen atoms in total. The molecular weight excluding hydrogens is 302 g/mol. The third-order valence-electron chi connectivity index (χ3n) is 4.22. The van der Waals surface area contributed by atoms with Gasteiger partial charge in [-0.1, -0.05) is 29.8 Å². The zero-order valence-corrected chi connectivity index (χ0v) is 13.2. The molecule has 0 saturated heterocycles. The molecule has 5 heteroatoms. The molecule has 0 spiro atoms. The number of hydrogen-bond acceptors (Lipinski definition) is 3. The van der Waals surface area contributed by atoms with E-state index in [1.807, 2.05) is 24.3 Å². The van der Waals surface area contributed by atoms with Crippen LogP contribution < -0.4 is 0 Å². The van der Waals surface area contributed by atoms with E-state index < -0.39 is 5.97 Å². The van der Waals surface area contributed by atoms with E-state index in [-0.39, 0.29) is 11.7 Å². The average Bonchev–Trinajstić information content (AvgIpc) is 2.84. The van der Waals surface area contributed by atoms with Crippen molar-refractivity contribution < 1.29 is 14.3 Å². The maximum atomic E-state index is 12.5. The van der Waals surface area contributed by atoms with Crippen LogP contribution in [0.2, 0.25) is 5.02 Å². The number of carbonyl (C=O) groups excluding carboxylic acids is 2. The highest BCUT2D eigenvalue weighted by atomic mass is 35.5. The summed E-state index contributed by atoms with van der Waals surface area (Å²) in [5.74, 6) is -0.388. The van der Waals surface area contributed by atoms with Crippen molar-refractivity contribution in [2.45, 2.75) is 25.7 Å². The minimum absolute atomic E-state index is 0.0252. The van der Waals surface area contributed by atoms with Crippen molar-refractivity contribution in [2.75, 3.05) is 7.11 Å². The number of nitrogens with one attached hydrogen (secondary N) is 1. The number of halogens is 1. The number of rotatable bonds is 2. The molecule has 1 atom stereocenters. The van der Waals surface area contributed by atoms with Crippen molar-refractivity contribution in [1.82, 2.24) is 4.98 Å². The second-order valence-corrected chi connectivity index (χ2v) is 5.93. The lowest BCUT2D eigenvalue weighted by Gasteiger charge is -2.22. The van der Waals surface area contributed by atoms with Gasteiger partial charge in [0.25, 0.3) is 0 Å². The molecule has 0 saturated carbocycles. The van der Waals surface area contributed by atoms with Crippen LogP contribution in [0.4, 0.5) is 0 Å². The number of Topliss-reactive ketones (excluding diaryl/α,β-unsaturated/α-hetero) is 1. The van der Waals surface area contributed by atoms with Crippen molar-refractivity contribution in [3.8, 4) is 0 Å². The molecule has 1 heterocycles. The van der Waals surface area contributed by atoms with Crippen LogP contribution in [0.25, 0.3) is 0 Å². The molecule has 0 aliphatic heterocycles. The standard InChI is InChI=1S/C17H16ClNO3/c1-9-15-13(19-16(9)17(21)22-2)7-10(8-14(15)20)11-5-3-4-6-12(11)18/h3-6,10,19H,7-8H2,1-2H3/t10-/m0/s1. The number of aromatic amines is 1. The van der Waals surface area contributed by atoms with Crippen LogP contribution >= 0.6 is 11.6 Å². The zero-order chi connectivity index (χ0) is 15.9. The van der Waals surface area contributed by atoms with Crippen LogP contribution in [0.5, 0.6) is 0 Å². The highest BCUT2D eigenvalue weighted by Gasteiger charge is 2.32. The van der Waals surface area contributed by atoms with E-state index in [4.69, 9.17) is 16.3 Å². The number of ether oxygens (including phenoxy) is 1. The van der Waals surface area contributed by atoms with E-state index >= 15 is 0 Å². The maximum Gasteiger partial charge on any atom is 0.354 e. The van der Waals surface area contributed by atoms with Crippen LogP contribution in [0.15, 0.2) is 24.3 Å². The summed E-state index contributed by atoms with van der Waals surface area (Å²) >= 11 is 6.25. The van der Waals surface area contributed by atoms with Crippen LogP contribution in [0.3, 0.4) is 0 Å². The average molecular weight is 318 g/mol. The molecule has 1 aliphatic carbocycles.